The monoisotopic (exact) mass is 271 g/mol. The SMILES string of the molecule is CCCCC(NC(=O)N1CCCC1C(N)=O)C(=O)O. The van der Waals surface area contributed by atoms with Gasteiger partial charge in [-0.2, -0.15) is 0 Å². The average Bonchev–Trinajstić information content (AvgIpc) is 2.83. The van der Waals surface area contributed by atoms with Crippen molar-refractivity contribution in [1.82, 2.24) is 10.2 Å². The fourth-order valence-corrected chi connectivity index (χ4v) is 2.20. The number of hydrogen-bond acceptors (Lipinski definition) is 3. The molecule has 0 bridgehead atoms. The zero-order valence-electron chi connectivity index (χ0n) is 11.1. The highest BCUT2D eigenvalue weighted by Crippen LogP contribution is 2.17. The highest BCUT2D eigenvalue weighted by Gasteiger charge is 2.34. The fourth-order valence-electron chi connectivity index (χ4n) is 2.20. The molecule has 3 amide bonds. The Kier molecular flexibility index (Phi) is 5.59. The highest BCUT2D eigenvalue weighted by molar-refractivity contribution is 5.88. The Morgan fingerprint density at radius 3 is 2.68 bits per heavy atom. The summed E-state index contributed by atoms with van der Waals surface area (Å²) in [5, 5.41) is 11.5. The fraction of sp³-hybridized carbons (Fsp3) is 0.750. The minimum atomic E-state index is -1.06. The molecule has 108 valence electrons. The number of aliphatic carboxylic acids is 1. The molecule has 4 N–H and O–H groups in total. The van der Waals surface area contributed by atoms with Crippen LogP contribution in [0.5, 0.6) is 0 Å². The van der Waals surface area contributed by atoms with Crippen molar-refractivity contribution in [2.75, 3.05) is 6.54 Å². The van der Waals surface area contributed by atoms with Crippen molar-refractivity contribution in [3.05, 3.63) is 0 Å². The van der Waals surface area contributed by atoms with Crippen LogP contribution in [0.15, 0.2) is 0 Å². The number of unbranched alkanes of at least 4 members (excludes halogenated alkanes) is 1. The highest BCUT2D eigenvalue weighted by atomic mass is 16.4. The lowest BCUT2D eigenvalue weighted by Crippen LogP contribution is -2.52. The van der Waals surface area contributed by atoms with Crippen LogP contribution in [-0.2, 0) is 9.59 Å². The molecular weight excluding hydrogens is 250 g/mol. The summed E-state index contributed by atoms with van der Waals surface area (Å²) in [5.74, 6) is -1.61. The molecule has 1 aliphatic heterocycles. The van der Waals surface area contributed by atoms with E-state index in [1.807, 2.05) is 6.92 Å². The number of nitrogens with two attached hydrogens (primary N) is 1. The smallest absolute Gasteiger partial charge is 0.326 e. The van der Waals surface area contributed by atoms with E-state index in [1.165, 1.54) is 4.90 Å². The molecule has 0 aromatic heterocycles. The largest absolute Gasteiger partial charge is 0.480 e. The van der Waals surface area contributed by atoms with Gasteiger partial charge >= 0.3 is 12.0 Å². The number of hydrogen-bond donors (Lipinski definition) is 3. The van der Waals surface area contributed by atoms with Crippen LogP contribution in [0, 0.1) is 0 Å². The summed E-state index contributed by atoms with van der Waals surface area (Å²) in [4.78, 5) is 35.5. The number of nitrogens with zero attached hydrogens (tertiary/aromatic N) is 1. The number of amides is 3. The maximum atomic E-state index is 12.0. The predicted octanol–water partition coefficient (Wildman–Crippen LogP) is 0.289. The van der Waals surface area contributed by atoms with E-state index in [0.717, 1.165) is 12.8 Å². The number of likely N-dealkylation sites (tertiary alicyclic amines) is 1. The van der Waals surface area contributed by atoms with Gasteiger partial charge in [0, 0.05) is 6.54 Å². The maximum absolute atomic E-state index is 12.0. The quantitative estimate of drug-likeness (QED) is 0.644. The van der Waals surface area contributed by atoms with Crippen molar-refractivity contribution in [1.29, 1.82) is 0 Å². The Morgan fingerprint density at radius 2 is 2.16 bits per heavy atom. The summed E-state index contributed by atoms with van der Waals surface area (Å²) >= 11 is 0. The van der Waals surface area contributed by atoms with Crippen LogP contribution in [-0.4, -0.2) is 46.5 Å². The lowest BCUT2D eigenvalue weighted by atomic mass is 10.1. The molecule has 0 radical (unpaired) electrons. The number of primary amides is 1. The van der Waals surface area contributed by atoms with Crippen molar-refractivity contribution in [2.24, 2.45) is 5.73 Å². The molecule has 0 aromatic carbocycles. The van der Waals surface area contributed by atoms with Crippen molar-refractivity contribution >= 4 is 17.9 Å². The molecule has 1 fully saturated rings. The summed E-state index contributed by atoms with van der Waals surface area (Å²) in [5.41, 5.74) is 5.22. The van der Waals surface area contributed by atoms with Crippen LogP contribution in [0.1, 0.15) is 39.0 Å². The van der Waals surface area contributed by atoms with E-state index >= 15 is 0 Å². The van der Waals surface area contributed by atoms with Gasteiger partial charge in [-0.3, -0.25) is 4.79 Å². The van der Waals surface area contributed by atoms with Crippen LogP contribution in [0.3, 0.4) is 0 Å². The Hall–Kier alpha value is -1.79. The molecule has 1 heterocycles. The third-order valence-corrected chi connectivity index (χ3v) is 3.28. The van der Waals surface area contributed by atoms with Gasteiger partial charge in [0.2, 0.25) is 5.91 Å². The third-order valence-electron chi connectivity index (χ3n) is 3.28. The minimum absolute atomic E-state index is 0.382. The molecule has 7 heteroatoms. The van der Waals surface area contributed by atoms with Crippen LogP contribution >= 0.6 is 0 Å². The molecule has 1 rings (SSSR count). The number of carbonyl (C=O) groups excluding carboxylic acids is 2. The number of carboxylic acids is 1. The van der Waals surface area contributed by atoms with E-state index in [4.69, 9.17) is 10.8 Å². The molecule has 2 atom stereocenters. The van der Waals surface area contributed by atoms with Crippen molar-refractivity contribution < 1.29 is 19.5 Å². The summed E-state index contributed by atoms with van der Waals surface area (Å²) in [6.07, 6.45) is 3.19. The van der Waals surface area contributed by atoms with Gasteiger partial charge in [-0.05, 0) is 19.3 Å². The molecule has 7 nitrogen and oxygen atoms in total. The second kappa shape index (κ2) is 6.96. The predicted molar refractivity (Wildman–Crippen MR) is 68.4 cm³/mol. The van der Waals surface area contributed by atoms with E-state index in [2.05, 4.69) is 5.32 Å². The Balaban J connectivity index is 2.60. The Bertz CT molecular complexity index is 359. The van der Waals surface area contributed by atoms with E-state index in [0.29, 0.717) is 25.8 Å². The maximum Gasteiger partial charge on any atom is 0.326 e. The molecule has 1 aliphatic rings. The summed E-state index contributed by atoms with van der Waals surface area (Å²) in [7, 11) is 0. The molecule has 0 aliphatic carbocycles. The first kappa shape index (κ1) is 15.3. The topological polar surface area (TPSA) is 113 Å². The molecule has 0 saturated carbocycles. The molecular formula is C12H21N3O4. The van der Waals surface area contributed by atoms with Gasteiger partial charge in [0.1, 0.15) is 12.1 Å². The van der Waals surface area contributed by atoms with Crippen LogP contribution in [0.2, 0.25) is 0 Å². The van der Waals surface area contributed by atoms with E-state index in [9.17, 15) is 14.4 Å². The van der Waals surface area contributed by atoms with Gasteiger partial charge in [-0.1, -0.05) is 19.8 Å². The van der Waals surface area contributed by atoms with Crippen molar-refractivity contribution in [3.8, 4) is 0 Å². The zero-order chi connectivity index (χ0) is 14.4. The van der Waals surface area contributed by atoms with Gasteiger partial charge in [-0.25, -0.2) is 9.59 Å². The number of carbonyl (C=O) groups is 3. The second-order valence-electron chi connectivity index (χ2n) is 4.74. The van der Waals surface area contributed by atoms with Crippen LogP contribution in [0.25, 0.3) is 0 Å². The first-order valence-electron chi connectivity index (χ1n) is 6.56. The summed E-state index contributed by atoms with van der Waals surface area (Å²) in [6.45, 7) is 2.38. The lowest BCUT2D eigenvalue weighted by molar-refractivity contribution is -0.139. The summed E-state index contributed by atoms with van der Waals surface area (Å²) < 4.78 is 0. The normalized spacial score (nSPS) is 20.1. The van der Waals surface area contributed by atoms with Crippen molar-refractivity contribution in [2.45, 2.75) is 51.1 Å². The van der Waals surface area contributed by atoms with Crippen LogP contribution in [0.4, 0.5) is 4.79 Å². The number of nitrogens with one attached hydrogen (secondary N) is 1. The summed E-state index contributed by atoms with van der Waals surface area (Å²) in [6, 6.07) is -2.06. The van der Waals surface area contributed by atoms with Gasteiger partial charge in [-0.15, -0.1) is 0 Å². The lowest BCUT2D eigenvalue weighted by Gasteiger charge is -2.24. The number of urea groups is 1. The number of rotatable bonds is 6. The van der Waals surface area contributed by atoms with Gasteiger partial charge in [0.05, 0.1) is 0 Å². The molecule has 1 saturated heterocycles. The van der Waals surface area contributed by atoms with Gasteiger partial charge in [0.15, 0.2) is 0 Å². The Labute approximate surface area is 112 Å². The van der Waals surface area contributed by atoms with Gasteiger partial charge in [0.25, 0.3) is 0 Å². The zero-order valence-corrected chi connectivity index (χ0v) is 11.1. The van der Waals surface area contributed by atoms with Gasteiger partial charge < -0.3 is 21.1 Å². The van der Waals surface area contributed by atoms with E-state index < -0.39 is 30.0 Å². The number of carboxylic acid groups (broad SMARTS) is 1. The van der Waals surface area contributed by atoms with E-state index in [-0.39, 0.29) is 0 Å². The minimum Gasteiger partial charge on any atom is -0.480 e. The van der Waals surface area contributed by atoms with E-state index in [1.54, 1.807) is 0 Å². The Morgan fingerprint density at radius 1 is 1.47 bits per heavy atom. The van der Waals surface area contributed by atoms with Crippen molar-refractivity contribution in [3.63, 3.8) is 0 Å². The van der Waals surface area contributed by atoms with Crippen LogP contribution < -0.4 is 11.1 Å². The average molecular weight is 271 g/mol. The first-order chi connectivity index (χ1) is 8.97. The second-order valence-corrected chi connectivity index (χ2v) is 4.74. The molecule has 2 unspecified atom stereocenters. The molecule has 19 heavy (non-hydrogen) atoms. The molecule has 0 spiro atoms. The first-order valence-corrected chi connectivity index (χ1v) is 6.56. The third kappa shape index (κ3) is 4.11. The standard InChI is InChI=1S/C12H21N3O4/c1-2-3-5-8(11(17)18)14-12(19)15-7-4-6-9(15)10(13)16/h8-9H,2-7H2,1H3,(H2,13,16)(H,14,19)(H,17,18). The molecule has 0 aromatic rings.